The maximum Gasteiger partial charge on any atom is 0.248 e. The number of amides is 2. The van der Waals surface area contributed by atoms with Crippen LogP contribution in [0.1, 0.15) is 66.9 Å². The molecule has 1 aromatic heterocycles. The van der Waals surface area contributed by atoms with Crippen LogP contribution in [0.2, 0.25) is 0 Å². The van der Waals surface area contributed by atoms with E-state index in [-0.39, 0.29) is 11.9 Å². The summed E-state index contributed by atoms with van der Waals surface area (Å²) in [7, 11) is 0. The number of hydrogen-bond acceptors (Lipinski definition) is 5. The van der Waals surface area contributed by atoms with Crippen LogP contribution in [-0.2, 0) is 4.79 Å². The molecular weight excluding hydrogens is 344 g/mol. The van der Waals surface area contributed by atoms with Gasteiger partial charge in [0.2, 0.25) is 11.8 Å². The maximum atomic E-state index is 12.3. The van der Waals surface area contributed by atoms with Crippen LogP contribution >= 0.6 is 0 Å². The molecule has 2 amide bonds. The quantitative estimate of drug-likeness (QED) is 0.780. The molecule has 0 radical (unpaired) electrons. The van der Waals surface area contributed by atoms with Crippen LogP contribution in [0.5, 0.6) is 0 Å². The average molecular weight is 370 g/mol. The molecule has 0 aliphatic carbocycles. The average Bonchev–Trinajstić information content (AvgIpc) is 3.29. The van der Waals surface area contributed by atoms with E-state index in [0.717, 1.165) is 30.8 Å². The first-order chi connectivity index (χ1) is 12.9. The summed E-state index contributed by atoms with van der Waals surface area (Å²) < 4.78 is 5.43. The summed E-state index contributed by atoms with van der Waals surface area (Å²) >= 11 is 0. The molecule has 2 aromatic rings. The third-order valence-electron chi connectivity index (χ3n) is 4.90. The van der Waals surface area contributed by atoms with Gasteiger partial charge in [-0.3, -0.25) is 14.5 Å². The summed E-state index contributed by atoms with van der Waals surface area (Å²) in [6, 6.07) is 8.81. The lowest BCUT2D eigenvalue weighted by Gasteiger charge is -2.22. The molecule has 2 heterocycles. The van der Waals surface area contributed by atoms with Crippen LogP contribution < -0.4 is 11.1 Å². The molecule has 0 saturated carbocycles. The van der Waals surface area contributed by atoms with Crippen molar-refractivity contribution in [3.8, 4) is 0 Å². The second-order valence-corrected chi connectivity index (χ2v) is 7.24. The molecule has 1 atom stereocenters. The van der Waals surface area contributed by atoms with E-state index in [2.05, 4.69) is 29.2 Å². The van der Waals surface area contributed by atoms with Crippen LogP contribution in [0.15, 0.2) is 34.9 Å². The molecule has 27 heavy (non-hydrogen) atoms. The number of nitrogens with zero attached hydrogens (tertiary/aromatic N) is 2. The van der Waals surface area contributed by atoms with Crippen LogP contribution in [-0.4, -0.2) is 35.0 Å². The number of likely N-dealkylation sites (tertiary alicyclic amines) is 1. The van der Waals surface area contributed by atoms with Crippen LogP contribution in [0, 0.1) is 0 Å². The van der Waals surface area contributed by atoms with Crippen molar-refractivity contribution < 1.29 is 14.1 Å². The van der Waals surface area contributed by atoms with E-state index >= 15 is 0 Å². The molecule has 144 valence electrons. The Labute approximate surface area is 158 Å². The highest BCUT2D eigenvalue weighted by molar-refractivity contribution is 5.94. The fourth-order valence-electron chi connectivity index (χ4n) is 3.35. The second-order valence-electron chi connectivity index (χ2n) is 7.24. The molecule has 1 aromatic carbocycles. The zero-order valence-corrected chi connectivity index (χ0v) is 15.8. The first-order valence-electron chi connectivity index (χ1n) is 9.34. The van der Waals surface area contributed by atoms with Gasteiger partial charge in [-0.25, -0.2) is 0 Å². The van der Waals surface area contributed by atoms with E-state index in [1.165, 1.54) is 0 Å². The molecule has 1 unspecified atom stereocenters. The molecule has 1 aliphatic rings. The van der Waals surface area contributed by atoms with E-state index in [0.29, 0.717) is 30.1 Å². The van der Waals surface area contributed by atoms with Crippen molar-refractivity contribution in [3.05, 3.63) is 47.3 Å². The molecule has 3 N–H and O–H groups in total. The van der Waals surface area contributed by atoms with Gasteiger partial charge in [0.1, 0.15) is 11.5 Å². The molecule has 7 nitrogen and oxygen atoms in total. The standard InChI is InChI=1S/C20H26N4O3/c1-13(2)18-12-16(23-27-18)17-4-3-10-24(17)11-9-19(25)22-15-7-5-14(6-8-15)20(21)26/h5-8,12-13,17H,3-4,9-11H2,1-2H3,(H2,21,26)(H,22,25). The van der Waals surface area contributed by atoms with E-state index < -0.39 is 5.91 Å². The van der Waals surface area contributed by atoms with Gasteiger partial charge < -0.3 is 15.6 Å². The number of anilines is 1. The maximum absolute atomic E-state index is 12.3. The summed E-state index contributed by atoms with van der Waals surface area (Å²) in [5.41, 5.74) is 7.25. The number of nitrogens with two attached hydrogens (primary N) is 1. The van der Waals surface area contributed by atoms with Gasteiger partial charge in [-0.05, 0) is 43.7 Å². The minimum absolute atomic E-state index is 0.0597. The number of rotatable bonds is 7. The molecule has 1 aliphatic heterocycles. The Morgan fingerprint density at radius 1 is 1.33 bits per heavy atom. The summed E-state index contributed by atoms with van der Waals surface area (Å²) in [5, 5.41) is 7.09. The van der Waals surface area contributed by atoms with Crippen molar-refractivity contribution in [2.24, 2.45) is 5.73 Å². The van der Waals surface area contributed by atoms with Crippen LogP contribution in [0.25, 0.3) is 0 Å². The lowest BCUT2D eigenvalue weighted by Crippen LogP contribution is -2.28. The lowest BCUT2D eigenvalue weighted by atomic mass is 10.1. The fraction of sp³-hybridized carbons (Fsp3) is 0.450. The third kappa shape index (κ3) is 4.74. The Balaban J connectivity index is 1.53. The first-order valence-corrected chi connectivity index (χ1v) is 9.34. The van der Waals surface area contributed by atoms with Gasteiger partial charge in [-0.2, -0.15) is 0 Å². The van der Waals surface area contributed by atoms with E-state index in [1.807, 2.05) is 6.07 Å². The Bertz CT molecular complexity index is 798. The Morgan fingerprint density at radius 2 is 2.07 bits per heavy atom. The number of nitrogens with one attached hydrogen (secondary N) is 1. The molecule has 0 spiro atoms. The number of carbonyl (C=O) groups excluding carboxylic acids is 2. The zero-order chi connectivity index (χ0) is 19.4. The van der Waals surface area contributed by atoms with E-state index in [1.54, 1.807) is 24.3 Å². The predicted octanol–water partition coefficient (Wildman–Crippen LogP) is 3.06. The highest BCUT2D eigenvalue weighted by Gasteiger charge is 2.29. The molecule has 1 fully saturated rings. The highest BCUT2D eigenvalue weighted by Crippen LogP contribution is 2.32. The predicted molar refractivity (Wildman–Crippen MR) is 102 cm³/mol. The summed E-state index contributed by atoms with van der Waals surface area (Å²) in [6.07, 6.45) is 2.51. The van der Waals surface area contributed by atoms with Crippen molar-refractivity contribution in [1.29, 1.82) is 0 Å². The van der Waals surface area contributed by atoms with E-state index in [4.69, 9.17) is 10.3 Å². The number of primary amides is 1. The number of aromatic nitrogens is 1. The van der Waals surface area contributed by atoms with Crippen LogP contribution in [0.4, 0.5) is 5.69 Å². The second kappa shape index (κ2) is 8.35. The molecule has 0 bridgehead atoms. The van der Waals surface area contributed by atoms with Gasteiger partial charge in [0.15, 0.2) is 0 Å². The highest BCUT2D eigenvalue weighted by atomic mass is 16.5. The molecule has 7 heteroatoms. The monoisotopic (exact) mass is 370 g/mol. The minimum atomic E-state index is -0.485. The molecule has 1 saturated heterocycles. The number of benzene rings is 1. The van der Waals surface area contributed by atoms with Crippen molar-refractivity contribution in [2.75, 3.05) is 18.4 Å². The topological polar surface area (TPSA) is 101 Å². The van der Waals surface area contributed by atoms with Gasteiger partial charge in [0.25, 0.3) is 0 Å². The summed E-state index contributed by atoms with van der Waals surface area (Å²) in [5.74, 6) is 0.666. The zero-order valence-electron chi connectivity index (χ0n) is 15.8. The number of carbonyl (C=O) groups is 2. The van der Waals surface area contributed by atoms with Crippen molar-refractivity contribution >= 4 is 17.5 Å². The summed E-state index contributed by atoms with van der Waals surface area (Å²) in [4.78, 5) is 25.6. The Morgan fingerprint density at radius 3 is 2.70 bits per heavy atom. The van der Waals surface area contributed by atoms with Gasteiger partial charge in [0, 0.05) is 36.2 Å². The number of hydrogen-bond donors (Lipinski definition) is 2. The lowest BCUT2D eigenvalue weighted by molar-refractivity contribution is -0.116. The minimum Gasteiger partial charge on any atom is -0.366 e. The van der Waals surface area contributed by atoms with Gasteiger partial charge in [-0.1, -0.05) is 19.0 Å². The SMILES string of the molecule is CC(C)c1cc(C2CCCN2CCC(=O)Nc2ccc(C(N)=O)cc2)no1. The van der Waals surface area contributed by atoms with Gasteiger partial charge in [0.05, 0.1) is 6.04 Å². The Hall–Kier alpha value is -2.67. The van der Waals surface area contributed by atoms with Crippen molar-refractivity contribution in [3.63, 3.8) is 0 Å². The molecular formula is C20H26N4O3. The van der Waals surface area contributed by atoms with Crippen LogP contribution in [0.3, 0.4) is 0 Å². The first kappa shape index (κ1) is 19.1. The molecule has 3 rings (SSSR count). The Kier molecular flexibility index (Phi) is 5.91. The summed E-state index contributed by atoms with van der Waals surface area (Å²) in [6.45, 7) is 5.78. The normalized spacial score (nSPS) is 17.4. The van der Waals surface area contributed by atoms with Crippen molar-refractivity contribution in [2.45, 2.75) is 45.1 Å². The van der Waals surface area contributed by atoms with Gasteiger partial charge in [-0.15, -0.1) is 0 Å². The van der Waals surface area contributed by atoms with E-state index in [9.17, 15) is 9.59 Å². The third-order valence-corrected chi connectivity index (χ3v) is 4.90. The van der Waals surface area contributed by atoms with Gasteiger partial charge >= 0.3 is 0 Å². The fourth-order valence-corrected chi connectivity index (χ4v) is 3.35. The largest absolute Gasteiger partial charge is 0.366 e. The smallest absolute Gasteiger partial charge is 0.248 e. The van der Waals surface area contributed by atoms with Crippen molar-refractivity contribution in [1.82, 2.24) is 10.1 Å².